The molecule has 0 aromatic carbocycles. The number of likely N-dealkylation sites (tertiary alicyclic amines) is 2. The highest BCUT2D eigenvalue weighted by Crippen LogP contribution is 2.32. The fraction of sp³-hybridized carbons (Fsp3) is 0.710. The zero-order valence-corrected chi connectivity index (χ0v) is 27.5. The summed E-state index contributed by atoms with van der Waals surface area (Å²) in [7, 11) is -1.55. The van der Waals surface area contributed by atoms with E-state index in [1.165, 1.54) is 29.0 Å². The molecule has 256 valence electrons. The van der Waals surface area contributed by atoms with E-state index in [4.69, 9.17) is 4.74 Å². The van der Waals surface area contributed by atoms with Gasteiger partial charge < -0.3 is 24.6 Å². The summed E-state index contributed by atoms with van der Waals surface area (Å²) in [5.74, 6) is 0.250. The number of ether oxygens (including phenoxy) is 2. The van der Waals surface area contributed by atoms with E-state index in [1.807, 2.05) is 11.8 Å². The molecule has 5 rings (SSSR count). The molecular weight excluding hydrogens is 625 g/mol. The third-order valence-electron chi connectivity index (χ3n) is 9.78. The SMILES string of the molecule is Cc1c(NC[C@H]2CCC[C@@H](C3C=CC(OC(F)(F)F)=CC3)O2)ncnc1C(=O)N1CCC(N2CCC(N(C)S(C)(=O)=O)CC2)CC1. The third kappa shape index (κ3) is 8.78. The molecule has 0 saturated carbocycles. The maximum Gasteiger partial charge on any atom is 0.573 e. The number of nitrogens with zero attached hydrogens (tertiary/aromatic N) is 5. The first kappa shape index (κ1) is 34.6. The van der Waals surface area contributed by atoms with E-state index in [-0.39, 0.29) is 35.8 Å². The predicted molar refractivity (Wildman–Crippen MR) is 166 cm³/mol. The lowest BCUT2D eigenvalue weighted by molar-refractivity contribution is -0.303. The molecule has 3 atom stereocenters. The van der Waals surface area contributed by atoms with Gasteiger partial charge >= 0.3 is 6.36 Å². The molecule has 0 bridgehead atoms. The number of aromatic nitrogens is 2. The zero-order valence-electron chi connectivity index (χ0n) is 26.7. The van der Waals surface area contributed by atoms with Gasteiger partial charge in [-0.15, -0.1) is 13.2 Å². The van der Waals surface area contributed by atoms with E-state index in [1.54, 1.807) is 13.1 Å². The first-order valence-electron chi connectivity index (χ1n) is 16.1. The third-order valence-corrected chi connectivity index (χ3v) is 11.1. The second-order valence-corrected chi connectivity index (χ2v) is 14.8. The van der Waals surface area contributed by atoms with Gasteiger partial charge in [0.15, 0.2) is 0 Å². The lowest BCUT2D eigenvalue weighted by Gasteiger charge is -2.43. The first-order valence-corrected chi connectivity index (χ1v) is 17.9. The highest BCUT2D eigenvalue weighted by molar-refractivity contribution is 7.88. The van der Waals surface area contributed by atoms with Gasteiger partial charge in [0.05, 0.1) is 18.5 Å². The Balaban J connectivity index is 1.09. The maximum absolute atomic E-state index is 13.5. The smallest absolute Gasteiger partial charge is 0.406 e. The predicted octanol–water partition coefficient (Wildman–Crippen LogP) is 4.09. The number of sulfonamides is 1. The summed E-state index contributed by atoms with van der Waals surface area (Å²) < 4.78 is 73.2. The molecule has 11 nitrogen and oxygen atoms in total. The van der Waals surface area contributed by atoms with Crippen LogP contribution in [0.3, 0.4) is 0 Å². The van der Waals surface area contributed by atoms with Gasteiger partial charge in [0.2, 0.25) is 10.0 Å². The number of piperidine rings is 2. The Kier molecular flexibility index (Phi) is 11.0. The Labute approximate surface area is 269 Å². The largest absolute Gasteiger partial charge is 0.573 e. The molecule has 1 amide bonds. The number of nitrogens with one attached hydrogen (secondary N) is 1. The van der Waals surface area contributed by atoms with Crippen molar-refractivity contribution in [3.63, 3.8) is 0 Å². The molecule has 3 saturated heterocycles. The number of hydrogen-bond donors (Lipinski definition) is 1. The summed E-state index contributed by atoms with van der Waals surface area (Å²) in [5, 5.41) is 3.34. The van der Waals surface area contributed by atoms with Gasteiger partial charge in [-0.3, -0.25) is 4.79 Å². The summed E-state index contributed by atoms with van der Waals surface area (Å²) in [6, 6.07) is 0.402. The van der Waals surface area contributed by atoms with Gasteiger partial charge in [-0.2, -0.15) is 0 Å². The molecule has 15 heteroatoms. The van der Waals surface area contributed by atoms with E-state index in [9.17, 15) is 26.4 Å². The van der Waals surface area contributed by atoms with Gasteiger partial charge in [-0.05, 0) is 83.5 Å². The minimum absolute atomic E-state index is 0.0223. The summed E-state index contributed by atoms with van der Waals surface area (Å²) in [6.07, 6.45) is 8.66. The number of rotatable bonds is 9. The van der Waals surface area contributed by atoms with E-state index >= 15 is 0 Å². The Morgan fingerprint density at radius 2 is 1.83 bits per heavy atom. The normalized spacial score (nSPS) is 25.8. The van der Waals surface area contributed by atoms with Crippen LogP contribution in [0.5, 0.6) is 0 Å². The van der Waals surface area contributed by atoms with Crippen LogP contribution in [0.1, 0.15) is 67.4 Å². The molecule has 46 heavy (non-hydrogen) atoms. The van der Waals surface area contributed by atoms with Crippen LogP contribution in [-0.4, -0.2) is 115 Å². The minimum atomic E-state index is -4.71. The highest BCUT2D eigenvalue weighted by Gasteiger charge is 2.35. The van der Waals surface area contributed by atoms with Crippen molar-refractivity contribution in [3.05, 3.63) is 41.6 Å². The fourth-order valence-electron chi connectivity index (χ4n) is 7.02. The molecule has 1 aromatic heterocycles. The number of halogens is 3. The van der Waals surface area contributed by atoms with Crippen LogP contribution < -0.4 is 5.32 Å². The molecular formula is C31H45F3N6O5S. The van der Waals surface area contributed by atoms with E-state index in [0.29, 0.717) is 49.2 Å². The van der Waals surface area contributed by atoms with Crippen LogP contribution in [0.15, 0.2) is 30.3 Å². The lowest BCUT2D eigenvalue weighted by Crippen LogP contribution is -2.52. The molecule has 3 fully saturated rings. The second kappa shape index (κ2) is 14.6. The van der Waals surface area contributed by atoms with Crippen molar-refractivity contribution in [1.82, 2.24) is 24.1 Å². The first-order chi connectivity index (χ1) is 21.8. The Morgan fingerprint density at radius 1 is 1.11 bits per heavy atom. The number of carbonyl (C=O) groups is 1. The molecule has 4 aliphatic rings. The summed E-state index contributed by atoms with van der Waals surface area (Å²) >= 11 is 0. The standard InChI is InChI=1S/C31H45F3N6O5S/c1-21-28(30(41)40-17-13-24(14-18-40)39-15-11-23(12-16-39)38(2)46(3,42)43)36-20-37-29(21)35-19-26-5-4-6-27(44-26)22-7-9-25(10-8-22)45-31(32,33)34/h7,9-10,20,22-24,26-27H,4-6,8,11-19H2,1-3H3,(H,35,36,37)/t22?,26-,27+/m1/s1. The molecule has 1 aromatic rings. The Bertz CT molecular complexity index is 1390. The summed E-state index contributed by atoms with van der Waals surface area (Å²) in [4.78, 5) is 26.5. The van der Waals surface area contributed by atoms with Crippen LogP contribution >= 0.6 is 0 Å². The molecule has 1 N–H and O–H groups in total. The lowest BCUT2D eigenvalue weighted by atomic mass is 9.88. The van der Waals surface area contributed by atoms with Crippen LogP contribution in [0.25, 0.3) is 0 Å². The zero-order chi connectivity index (χ0) is 33.1. The molecule has 1 unspecified atom stereocenters. The molecule has 1 aliphatic carbocycles. The van der Waals surface area contributed by atoms with Crippen LogP contribution in [0.4, 0.5) is 19.0 Å². The maximum atomic E-state index is 13.5. The van der Waals surface area contributed by atoms with Crippen molar-refractivity contribution in [2.75, 3.05) is 51.3 Å². The summed E-state index contributed by atoms with van der Waals surface area (Å²) in [5.41, 5.74) is 1.05. The van der Waals surface area contributed by atoms with Gasteiger partial charge in [-0.1, -0.05) is 6.08 Å². The number of amides is 1. The highest BCUT2D eigenvalue weighted by atomic mass is 32.2. The molecule has 0 spiro atoms. The average molecular weight is 671 g/mol. The van der Waals surface area contributed by atoms with E-state index in [2.05, 4.69) is 24.9 Å². The van der Waals surface area contributed by atoms with Crippen molar-refractivity contribution in [1.29, 1.82) is 0 Å². The second-order valence-electron chi connectivity index (χ2n) is 12.8. The van der Waals surface area contributed by atoms with Gasteiger partial charge in [0.1, 0.15) is 23.6 Å². The Morgan fingerprint density at radius 3 is 2.46 bits per heavy atom. The number of carbonyl (C=O) groups excluding carboxylic acids is 1. The quantitative estimate of drug-likeness (QED) is 0.415. The summed E-state index contributed by atoms with van der Waals surface area (Å²) in [6.45, 7) is 5.28. The van der Waals surface area contributed by atoms with Crippen molar-refractivity contribution >= 4 is 21.7 Å². The molecule has 3 aliphatic heterocycles. The van der Waals surface area contributed by atoms with Crippen LogP contribution in [0, 0.1) is 12.8 Å². The van der Waals surface area contributed by atoms with E-state index < -0.39 is 16.4 Å². The van der Waals surface area contributed by atoms with Gasteiger partial charge in [0.25, 0.3) is 5.91 Å². The van der Waals surface area contributed by atoms with E-state index in [0.717, 1.165) is 58.0 Å². The fourth-order valence-corrected chi connectivity index (χ4v) is 7.77. The Hall–Kier alpha value is -2.75. The molecule has 0 radical (unpaired) electrons. The minimum Gasteiger partial charge on any atom is -0.406 e. The number of anilines is 1. The van der Waals surface area contributed by atoms with Gasteiger partial charge in [0, 0.05) is 50.2 Å². The monoisotopic (exact) mass is 670 g/mol. The van der Waals surface area contributed by atoms with Crippen LogP contribution in [0.2, 0.25) is 0 Å². The number of alkyl halides is 3. The van der Waals surface area contributed by atoms with Gasteiger partial charge in [-0.25, -0.2) is 22.7 Å². The van der Waals surface area contributed by atoms with Crippen LogP contribution in [-0.2, 0) is 19.5 Å². The van der Waals surface area contributed by atoms with Crippen molar-refractivity contribution in [3.8, 4) is 0 Å². The van der Waals surface area contributed by atoms with Crippen molar-refractivity contribution in [2.45, 2.75) is 88.9 Å². The average Bonchev–Trinajstić information content (AvgIpc) is 3.03. The van der Waals surface area contributed by atoms with Crippen molar-refractivity contribution in [2.24, 2.45) is 5.92 Å². The molecule has 4 heterocycles. The van der Waals surface area contributed by atoms with Crippen molar-refractivity contribution < 1.29 is 35.9 Å². The topological polar surface area (TPSA) is 117 Å². The number of hydrogen-bond acceptors (Lipinski definition) is 9. The number of allylic oxidation sites excluding steroid dienone is 2.